The van der Waals surface area contributed by atoms with Crippen molar-refractivity contribution < 1.29 is 9.59 Å². The monoisotopic (exact) mass is 417 g/mol. The predicted octanol–water partition coefficient (Wildman–Crippen LogP) is 3.70. The molecule has 7 heteroatoms. The molecule has 160 valence electrons. The molecule has 1 aliphatic rings. The number of rotatable bonds is 5. The van der Waals surface area contributed by atoms with E-state index in [0.29, 0.717) is 35.2 Å². The number of nitrogens with one attached hydrogen (secondary N) is 1. The number of carbonyl (C=O) groups excluding carboxylic acids is 2. The smallest absolute Gasteiger partial charge is 0.255 e. The Morgan fingerprint density at radius 3 is 2.42 bits per heavy atom. The molecule has 1 aliphatic heterocycles. The second kappa shape index (κ2) is 9.12. The van der Waals surface area contributed by atoms with Gasteiger partial charge in [-0.3, -0.25) is 9.59 Å². The number of aromatic nitrogens is 3. The normalized spacial score (nSPS) is 18.6. The van der Waals surface area contributed by atoms with Gasteiger partial charge in [-0.15, -0.1) is 0 Å². The fraction of sp³-hybridized carbons (Fsp3) is 0.333. The van der Waals surface area contributed by atoms with Crippen LogP contribution in [0.2, 0.25) is 0 Å². The third-order valence-electron chi connectivity index (χ3n) is 5.59. The quantitative estimate of drug-likeness (QED) is 0.686. The number of hydrogen-bond donors (Lipinski definition) is 1. The lowest BCUT2D eigenvalue weighted by molar-refractivity contribution is 0.0624. The summed E-state index contributed by atoms with van der Waals surface area (Å²) in [5.74, 6) is 0.682. The lowest BCUT2D eigenvalue weighted by Crippen LogP contribution is -2.42. The molecular weight excluding hydrogens is 390 g/mol. The molecule has 7 nitrogen and oxygen atoms in total. The first-order valence-electron chi connectivity index (χ1n) is 10.6. The Morgan fingerprint density at radius 2 is 1.74 bits per heavy atom. The fourth-order valence-electron chi connectivity index (χ4n) is 4.24. The standard InChI is InChI=1S/C24H27N5O2/c1-17-11-18(2)13-28(12-17)24(31)21-5-3-4-6-22(21)27-23(30)20-9-7-19(8-10-20)14-29-16-25-15-26-29/h3-10,15-18H,11-14H2,1-2H3,(H,27,30). The molecule has 1 saturated heterocycles. The van der Waals surface area contributed by atoms with Crippen LogP contribution in [0.3, 0.4) is 0 Å². The molecule has 2 heterocycles. The zero-order chi connectivity index (χ0) is 21.8. The molecule has 0 spiro atoms. The minimum atomic E-state index is -0.243. The number of benzene rings is 2. The van der Waals surface area contributed by atoms with E-state index in [2.05, 4.69) is 29.2 Å². The summed E-state index contributed by atoms with van der Waals surface area (Å²) in [5.41, 5.74) is 2.62. The van der Waals surface area contributed by atoms with Crippen LogP contribution in [0.1, 0.15) is 46.5 Å². The maximum atomic E-state index is 13.2. The highest BCUT2D eigenvalue weighted by Gasteiger charge is 2.27. The van der Waals surface area contributed by atoms with E-state index < -0.39 is 0 Å². The van der Waals surface area contributed by atoms with Crippen molar-refractivity contribution in [3.05, 3.63) is 77.9 Å². The largest absolute Gasteiger partial charge is 0.338 e. The van der Waals surface area contributed by atoms with E-state index >= 15 is 0 Å². The number of nitrogens with zero attached hydrogens (tertiary/aromatic N) is 4. The summed E-state index contributed by atoms with van der Waals surface area (Å²) in [6.45, 7) is 6.44. The van der Waals surface area contributed by atoms with Crippen LogP contribution in [0.25, 0.3) is 0 Å². The van der Waals surface area contributed by atoms with Gasteiger partial charge < -0.3 is 10.2 Å². The van der Waals surface area contributed by atoms with Crippen LogP contribution in [-0.2, 0) is 6.54 Å². The molecule has 2 atom stereocenters. The van der Waals surface area contributed by atoms with Crippen molar-refractivity contribution in [3.63, 3.8) is 0 Å². The minimum absolute atomic E-state index is 0.0301. The van der Waals surface area contributed by atoms with Gasteiger partial charge in [-0.25, -0.2) is 9.67 Å². The highest BCUT2D eigenvalue weighted by atomic mass is 16.2. The van der Waals surface area contributed by atoms with Crippen molar-refractivity contribution in [2.24, 2.45) is 11.8 Å². The Kier molecular flexibility index (Phi) is 6.11. The molecule has 31 heavy (non-hydrogen) atoms. The van der Waals surface area contributed by atoms with Gasteiger partial charge in [-0.05, 0) is 48.1 Å². The number of hydrogen-bond acceptors (Lipinski definition) is 4. The first-order chi connectivity index (χ1) is 15.0. The van der Waals surface area contributed by atoms with Gasteiger partial charge in [0.25, 0.3) is 11.8 Å². The molecule has 3 aromatic rings. The van der Waals surface area contributed by atoms with E-state index in [-0.39, 0.29) is 11.8 Å². The van der Waals surface area contributed by atoms with E-state index in [0.717, 1.165) is 25.1 Å². The van der Waals surface area contributed by atoms with Gasteiger partial charge in [0.1, 0.15) is 12.7 Å². The van der Waals surface area contributed by atoms with Gasteiger partial charge >= 0.3 is 0 Å². The maximum absolute atomic E-state index is 13.2. The van der Waals surface area contributed by atoms with Crippen LogP contribution in [0, 0.1) is 11.8 Å². The van der Waals surface area contributed by atoms with Crippen molar-refractivity contribution in [2.75, 3.05) is 18.4 Å². The lowest BCUT2D eigenvalue weighted by atomic mass is 9.91. The van der Waals surface area contributed by atoms with Gasteiger partial charge in [0.2, 0.25) is 0 Å². The number of para-hydroxylation sites is 1. The van der Waals surface area contributed by atoms with Gasteiger partial charge in [0.15, 0.2) is 0 Å². The first-order valence-corrected chi connectivity index (χ1v) is 10.6. The molecule has 2 amide bonds. The van der Waals surface area contributed by atoms with Crippen LogP contribution in [-0.4, -0.2) is 44.6 Å². The highest BCUT2D eigenvalue weighted by Crippen LogP contribution is 2.25. The molecule has 2 unspecified atom stereocenters. The predicted molar refractivity (Wildman–Crippen MR) is 119 cm³/mol. The summed E-state index contributed by atoms with van der Waals surface area (Å²) in [4.78, 5) is 31.9. The Balaban J connectivity index is 1.47. The van der Waals surface area contributed by atoms with Gasteiger partial charge in [-0.2, -0.15) is 5.10 Å². The minimum Gasteiger partial charge on any atom is -0.338 e. The zero-order valence-electron chi connectivity index (χ0n) is 17.9. The van der Waals surface area contributed by atoms with E-state index in [1.54, 1.807) is 35.3 Å². The van der Waals surface area contributed by atoms with Crippen LogP contribution < -0.4 is 5.32 Å². The topological polar surface area (TPSA) is 80.1 Å². The van der Waals surface area contributed by atoms with E-state index in [1.807, 2.05) is 29.2 Å². The third kappa shape index (κ3) is 4.99. The second-order valence-corrected chi connectivity index (χ2v) is 8.45. The molecule has 4 rings (SSSR count). The van der Waals surface area contributed by atoms with Gasteiger partial charge in [-0.1, -0.05) is 38.1 Å². The number of carbonyl (C=O) groups is 2. The second-order valence-electron chi connectivity index (χ2n) is 8.45. The number of anilines is 1. The average Bonchev–Trinajstić information content (AvgIpc) is 3.26. The van der Waals surface area contributed by atoms with Crippen molar-refractivity contribution >= 4 is 17.5 Å². The molecule has 0 aliphatic carbocycles. The number of piperidine rings is 1. The fourth-order valence-corrected chi connectivity index (χ4v) is 4.24. The first kappa shape index (κ1) is 20.8. The Hall–Kier alpha value is -3.48. The Morgan fingerprint density at radius 1 is 1.03 bits per heavy atom. The molecule has 1 N–H and O–H groups in total. The molecule has 2 aromatic carbocycles. The molecule has 1 fully saturated rings. The van der Waals surface area contributed by atoms with E-state index in [1.165, 1.54) is 6.33 Å². The summed E-state index contributed by atoms with van der Waals surface area (Å²) in [5, 5.41) is 7.01. The summed E-state index contributed by atoms with van der Waals surface area (Å²) in [6.07, 6.45) is 4.28. The molecule has 0 bridgehead atoms. The molecule has 0 saturated carbocycles. The maximum Gasteiger partial charge on any atom is 0.255 e. The molecule has 0 radical (unpaired) electrons. The van der Waals surface area contributed by atoms with Crippen LogP contribution >= 0.6 is 0 Å². The average molecular weight is 418 g/mol. The molecular formula is C24H27N5O2. The van der Waals surface area contributed by atoms with Crippen molar-refractivity contribution in [3.8, 4) is 0 Å². The van der Waals surface area contributed by atoms with E-state index in [4.69, 9.17) is 0 Å². The summed E-state index contributed by atoms with van der Waals surface area (Å²) in [6, 6.07) is 14.6. The molecule has 1 aromatic heterocycles. The SMILES string of the molecule is CC1CC(C)CN(C(=O)c2ccccc2NC(=O)c2ccc(Cn3cncn3)cc2)C1. The van der Waals surface area contributed by atoms with Gasteiger partial charge in [0.05, 0.1) is 17.8 Å². The highest BCUT2D eigenvalue weighted by molar-refractivity contribution is 6.09. The number of likely N-dealkylation sites (tertiary alicyclic amines) is 1. The van der Waals surface area contributed by atoms with Crippen LogP contribution in [0.5, 0.6) is 0 Å². The van der Waals surface area contributed by atoms with Crippen molar-refractivity contribution in [1.82, 2.24) is 19.7 Å². The van der Waals surface area contributed by atoms with E-state index in [9.17, 15) is 9.59 Å². The number of amides is 2. The summed E-state index contributed by atoms with van der Waals surface area (Å²) < 4.78 is 1.72. The Labute approximate surface area is 182 Å². The Bertz CT molecular complexity index is 1040. The van der Waals surface area contributed by atoms with Crippen molar-refractivity contribution in [1.29, 1.82) is 0 Å². The van der Waals surface area contributed by atoms with Gasteiger partial charge in [0, 0.05) is 18.7 Å². The van der Waals surface area contributed by atoms with Crippen molar-refractivity contribution in [2.45, 2.75) is 26.8 Å². The summed E-state index contributed by atoms with van der Waals surface area (Å²) >= 11 is 0. The zero-order valence-corrected chi connectivity index (χ0v) is 17.9. The van der Waals surface area contributed by atoms with Crippen LogP contribution in [0.4, 0.5) is 5.69 Å². The lowest BCUT2D eigenvalue weighted by Gasteiger charge is -2.35. The van der Waals surface area contributed by atoms with Crippen LogP contribution in [0.15, 0.2) is 61.2 Å². The third-order valence-corrected chi connectivity index (χ3v) is 5.59. The summed E-state index contributed by atoms with van der Waals surface area (Å²) in [7, 11) is 0.